The monoisotopic (exact) mass is 304 g/mol. The van der Waals surface area contributed by atoms with E-state index >= 15 is 0 Å². The smallest absolute Gasteiger partial charge is 0.240 e. The summed E-state index contributed by atoms with van der Waals surface area (Å²) in [7, 11) is 0. The van der Waals surface area contributed by atoms with Crippen LogP contribution in [0.3, 0.4) is 0 Å². The van der Waals surface area contributed by atoms with Gasteiger partial charge in [-0.3, -0.25) is 4.79 Å². The molecule has 0 heterocycles. The summed E-state index contributed by atoms with van der Waals surface area (Å²) in [5.41, 5.74) is 3.66. The van der Waals surface area contributed by atoms with Crippen LogP contribution in [0.4, 0.5) is 0 Å². The van der Waals surface area contributed by atoms with Crippen LogP contribution in [0, 0.1) is 0 Å². The van der Waals surface area contributed by atoms with E-state index in [-0.39, 0.29) is 5.91 Å². The average molecular weight is 304 g/mol. The first kappa shape index (κ1) is 15.2. The molecule has 116 valence electrons. The molecule has 1 amide bonds. The molecule has 0 fully saturated rings. The van der Waals surface area contributed by atoms with Crippen LogP contribution >= 0.6 is 0 Å². The molecule has 3 rings (SSSR count). The second kappa shape index (κ2) is 7.05. The molecule has 23 heavy (non-hydrogen) atoms. The molecule has 0 spiro atoms. The van der Waals surface area contributed by atoms with Gasteiger partial charge in [0.05, 0.1) is 6.21 Å². The van der Waals surface area contributed by atoms with Gasteiger partial charge in [0, 0.05) is 12.0 Å². The number of nitrogens with one attached hydrogen (secondary N) is 1. The Kier molecular flexibility index (Phi) is 4.67. The number of benzene rings is 3. The van der Waals surface area contributed by atoms with Gasteiger partial charge in [0.15, 0.2) is 0 Å². The van der Waals surface area contributed by atoms with Gasteiger partial charge in [0.2, 0.25) is 5.91 Å². The summed E-state index contributed by atoms with van der Waals surface area (Å²) < 4.78 is 0. The number of hydrazone groups is 1. The maximum Gasteiger partial charge on any atom is 0.240 e. The fraction of sp³-hybridized carbons (Fsp3) is 0.200. The highest BCUT2D eigenvalue weighted by molar-refractivity contribution is 6.13. The lowest BCUT2D eigenvalue weighted by atomic mass is 9.97. The van der Waals surface area contributed by atoms with Gasteiger partial charge in [-0.2, -0.15) is 5.10 Å². The van der Waals surface area contributed by atoms with Gasteiger partial charge in [-0.25, -0.2) is 5.43 Å². The molecule has 0 saturated heterocycles. The number of hydrogen-bond acceptors (Lipinski definition) is 2. The Bertz CT molecular complexity index is 814. The summed E-state index contributed by atoms with van der Waals surface area (Å²) in [5.74, 6) is -0.0346. The number of fused-ring (bicyclic) bond motifs is 2. The van der Waals surface area contributed by atoms with E-state index in [9.17, 15) is 4.79 Å². The van der Waals surface area contributed by atoms with Crippen molar-refractivity contribution in [2.24, 2.45) is 5.10 Å². The second-order valence-corrected chi connectivity index (χ2v) is 5.63. The van der Waals surface area contributed by atoms with Crippen molar-refractivity contribution in [1.82, 2.24) is 5.43 Å². The molecule has 3 aromatic rings. The Morgan fingerprint density at radius 1 is 1.04 bits per heavy atom. The quantitative estimate of drug-likeness (QED) is 0.416. The number of nitrogens with zero attached hydrogens (tertiary/aromatic N) is 1. The molecule has 0 aromatic heterocycles. The van der Waals surface area contributed by atoms with Crippen molar-refractivity contribution in [2.45, 2.75) is 26.2 Å². The molecule has 1 N–H and O–H groups in total. The number of unbranched alkanes of at least 4 members (excludes halogenated alkanes) is 1. The zero-order valence-corrected chi connectivity index (χ0v) is 13.3. The molecule has 3 aromatic carbocycles. The van der Waals surface area contributed by atoms with E-state index in [4.69, 9.17) is 0 Å². The minimum absolute atomic E-state index is 0.0346. The molecule has 0 saturated carbocycles. The lowest BCUT2D eigenvalue weighted by Crippen LogP contribution is -2.16. The van der Waals surface area contributed by atoms with E-state index < -0.39 is 0 Å². The first-order valence-corrected chi connectivity index (χ1v) is 8.02. The van der Waals surface area contributed by atoms with Crippen LogP contribution in [-0.4, -0.2) is 12.1 Å². The van der Waals surface area contributed by atoms with Gasteiger partial charge in [-0.15, -0.1) is 0 Å². The minimum Gasteiger partial charge on any atom is -0.273 e. The van der Waals surface area contributed by atoms with Crippen LogP contribution in [0.2, 0.25) is 0 Å². The zero-order chi connectivity index (χ0) is 16.1. The molecule has 0 aliphatic heterocycles. The first-order chi connectivity index (χ1) is 11.3. The normalized spacial score (nSPS) is 11.3. The van der Waals surface area contributed by atoms with Gasteiger partial charge in [0.25, 0.3) is 0 Å². The van der Waals surface area contributed by atoms with Crippen LogP contribution in [0.15, 0.2) is 59.7 Å². The Morgan fingerprint density at radius 2 is 1.65 bits per heavy atom. The van der Waals surface area contributed by atoms with Gasteiger partial charge in [-0.05, 0) is 34.0 Å². The van der Waals surface area contributed by atoms with E-state index in [1.165, 1.54) is 10.8 Å². The van der Waals surface area contributed by atoms with Crippen LogP contribution in [0.1, 0.15) is 31.7 Å². The molecule has 0 aliphatic rings. The van der Waals surface area contributed by atoms with Crippen molar-refractivity contribution in [2.75, 3.05) is 0 Å². The van der Waals surface area contributed by atoms with Crippen molar-refractivity contribution in [3.8, 4) is 0 Å². The Balaban J connectivity index is 1.98. The van der Waals surface area contributed by atoms with Gasteiger partial charge < -0.3 is 0 Å². The van der Waals surface area contributed by atoms with Crippen LogP contribution in [0.25, 0.3) is 21.5 Å². The van der Waals surface area contributed by atoms with Crippen molar-refractivity contribution >= 4 is 33.7 Å². The zero-order valence-electron chi connectivity index (χ0n) is 13.3. The van der Waals surface area contributed by atoms with Crippen LogP contribution < -0.4 is 5.43 Å². The predicted molar refractivity (Wildman–Crippen MR) is 96.7 cm³/mol. The maximum absolute atomic E-state index is 11.7. The Labute approximate surface area is 136 Å². The third-order valence-corrected chi connectivity index (χ3v) is 3.95. The first-order valence-electron chi connectivity index (χ1n) is 8.02. The third-order valence-electron chi connectivity index (χ3n) is 3.95. The summed E-state index contributed by atoms with van der Waals surface area (Å²) >= 11 is 0. The highest BCUT2D eigenvalue weighted by Crippen LogP contribution is 2.27. The van der Waals surface area contributed by atoms with E-state index in [0.29, 0.717) is 6.42 Å². The highest BCUT2D eigenvalue weighted by Gasteiger charge is 2.05. The second-order valence-electron chi connectivity index (χ2n) is 5.63. The van der Waals surface area contributed by atoms with Gasteiger partial charge in [-0.1, -0.05) is 61.9 Å². The Morgan fingerprint density at radius 3 is 2.26 bits per heavy atom. The van der Waals surface area contributed by atoms with E-state index in [1.54, 1.807) is 6.21 Å². The molecule has 0 atom stereocenters. The summed E-state index contributed by atoms with van der Waals surface area (Å²) in [6.45, 7) is 2.07. The minimum atomic E-state index is -0.0346. The molecule has 3 nitrogen and oxygen atoms in total. The van der Waals surface area contributed by atoms with E-state index in [0.717, 1.165) is 29.2 Å². The number of rotatable bonds is 5. The van der Waals surface area contributed by atoms with Crippen molar-refractivity contribution < 1.29 is 4.79 Å². The summed E-state index contributed by atoms with van der Waals surface area (Å²) in [5, 5.41) is 8.79. The number of amides is 1. The summed E-state index contributed by atoms with van der Waals surface area (Å²) in [6.07, 6.45) is 4.17. The molecule has 3 heteroatoms. The van der Waals surface area contributed by atoms with E-state index in [2.05, 4.69) is 47.8 Å². The summed E-state index contributed by atoms with van der Waals surface area (Å²) in [6, 6.07) is 18.7. The third kappa shape index (κ3) is 3.39. The van der Waals surface area contributed by atoms with Gasteiger partial charge in [0.1, 0.15) is 0 Å². The molecular weight excluding hydrogens is 284 g/mol. The fourth-order valence-corrected chi connectivity index (χ4v) is 2.75. The maximum atomic E-state index is 11.7. The van der Waals surface area contributed by atoms with Crippen molar-refractivity contribution in [1.29, 1.82) is 0 Å². The van der Waals surface area contributed by atoms with Crippen molar-refractivity contribution in [3.63, 3.8) is 0 Å². The highest BCUT2D eigenvalue weighted by atomic mass is 16.2. The molecule has 0 aliphatic carbocycles. The standard InChI is InChI=1S/C20H20N2O/c1-2-3-12-20(23)22-21-14-19-17-10-6-4-8-15(17)13-16-9-5-7-11-18(16)19/h4-11,13-14H,2-3,12H2,1H3,(H,22,23). The number of carbonyl (C=O) groups is 1. The van der Waals surface area contributed by atoms with Crippen LogP contribution in [-0.2, 0) is 4.79 Å². The Hall–Kier alpha value is -2.68. The number of hydrogen-bond donors (Lipinski definition) is 1. The predicted octanol–water partition coefficient (Wildman–Crippen LogP) is 4.63. The fourth-order valence-electron chi connectivity index (χ4n) is 2.75. The molecular formula is C20H20N2O. The SMILES string of the molecule is CCCCC(=O)NN=Cc1c2ccccc2cc2ccccc12. The molecule has 0 radical (unpaired) electrons. The van der Waals surface area contributed by atoms with Crippen LogP contribution in [0.5, 0.6) is 0 Å². The lowest BCUT2D eigenvalue weighted by molar-refractivity contribution is -0.121. The van der Waals surface area contributed by atoms with E-state index in [1.807, 2.05) is 24.3 Å². The lowest BCUT2D eigenvalue weighted by Gasteiger charge is -2.07. The topological polar surface area (TPSA) is 41.5 Å². The van der Waals surface area contributed by atoms with Gasteiger partial charge >= 0.3 is 0 Å². The number of carbonyl (C=O) groups excluding carboxylic acids is 1. The molecule has 0 bridgehead atoms. The summed E-state index contributed by atoms with van der Waals surface area (Å²) in [4.78, 5) is 11.7. The average Bonchev–Trinajstić information content (AvgIpc) is 2.59. The largest absolute Gasteiger partial charge is 0.273 e. The van der Waals surface area contributed by atoms with Crippen molar-refractivity contribution in [3.05, 3.63) is 60.2 Å². The molecule has 0 unspecified atom stereocenters.